The number of benzene rings is 2. The van der Waals surface area contributed by atoms with E-state index in [0.29, 0.717) is 23.6 Å². The fourth-order valence-corrected chi connectivity index (χ4v) is 3.16. The molecule has 0 aromatic heterocycles. The van der Waals surface area contributed by atoms with Gasteiger partial charge in [-0.25, -0.2) is 0 Å². The van der Waals surface area contributed by atoms with Gasteiger partial charge < -0.3 is 4.74 Å². The molecule has 2 aromatic carbocycles. The number of halogens is 1. The minimum Gasteiger partial charge on any atom is -0.493 e. The Morgan fingerprint density at radius 3 is 2.90 bits per heavy atom. The Morgan fingerprint density at radius 1 is 1.29 bits per heavy atom. The van der Waals surface area contributed by atoms with E-state index in [4.69, 9.17) is 16.3 Å². The van der Waals surface area contributed by atoms with Crippen LogP contribution in [-0.2, 0) is 0 Å². The smallest absolute Gasteiger partial charge is 0.163 e. The van der Waals surface area contributed by atoms with Crippen LogP contribution >= 0.6 is 11.6 Å². The zero-order valence-corrected chi connectivity index (χ0v) is 12.7. The van der Waals surface area contributed by atoms with Crippen molar-refractivity contribution >= 4 is 17.4 Å². The van der Waals surface area contributed by atoms with Crippen LogP contribution < -0.4 is 4.74 Å². The summed E-state index contributed by atoms with van der Waals surface area (Å²) in [6.07, 6.45) is 1.38. The molecule has 0 fully saturated rings. The van der Waals surface area contributed by atoms with Crippen molar-refractivity contribution in [2.24, 2.45) is 0 Å². The number of ether oxygens (including phenoxy) is 1. The number of ketones is 1. The second-order valence-electron chi connectivity index (χ2n) is 5.52. The number of rotatable bonds is 3. The number of carbonyl (C=O) groups is 1. The molecule has 1 atom stereocenters. The minimum atomic E-state index is 0.141. The topological polar surface area (TPSA) is 26.3 Å². The molecule has 2 aromatic rings. The molecule has 0 bridgehead atoms. The maximum absolute atomic E-state index is 12.5. The maximum Gasteiger partial charge on any atom is 0.163 e. The summed E-state index contributed by atoms with van der Waals surface area (Å²) < 4.78 is 5.65. The monoisotopic (exact) mass is 300 g/mol. The highest BCUT2D eigenvalue weighted by atomic mass is 35.5. The average Bonchev–Trinajstić information content (AvgIpc) is 2.46. The molecule has 1 aliphatic heterocycles. The van der Waals surface area contributed by atoms with Gasteiger partial charge in [0.1, 0.15) is 5.75 Å². The Balaban J connectivity index is 1.82. The van der Waals surface area contributed by atoms with Gasteiger partial charge in [0.15, 0.2) is 5.78 Å². The summed E-state index contributed by atoms with van der Waals surface area (Å²) in [6, 6.07) is 13.5. The van der Waals surface area contributed by atoms with Gasteiger partial charge >= 0.3 is 0 Å². The van der Waals surface area contributed by atoms with Gasteiger partial charge in [0.05, 0.1) is 6.61 Å². The van der Waals surface area contributed by atoms with Gasteiger partial charge in [-0.05, 0) is 54.7 Å². The van der Waals surface area contributed by atoms with E-state index in [0.717, 1.165) is 23.3 Å². The zero-order valence-electron chi connectivity index (χ0n) is 11.9. The number of aryl methyl sites for hydroxylation is 1. The van der Waals surface area contributed by atoms with Crippen molar-refractivity contribution in [3.05, 3.63) is 64.2 Å². The van der Waals surface area contributed by atoms with E-state index < -0.39 is 0 Å². The molecule has 0 N–H and O–H groups in total. The second-order valence-corrected chi connectivity index (χ2v) is 5.95. The first-order valence-electron chi connectivity index (χ1n) is 7.15. The van der Waals surface area contributed by atoms with Crippen molar-refractivity contribution in [1.29, 1.82) is 0 Å². The van der Waals surface area contributed by atoms with Crippen LogP contribution in [0.3, 0.4) is 0 Å². The van der Waals surface area contributed by atoms with Gasteiger partial charge in [-0.1, -0.05) is 29.8 Å². The van der Waals surface area contributed by atoms with Crippen LogP contribution in [0.2, 0.25) is 5.02 Å². The lowest BCUT2D eigenvalue weighted by atomic mass is 9.87. The van der Waals surface area contributed by atoms with E-state index in [2.05, 4.69) is 6.07 Å². The molecule has 1 aliphatic rings. The first kappa shape index (κ1) is 14.2. The minimum absolute atomic E-state index is 0.141. The molecule has 3 rings (SSSR count). The predicted octanol–water partition coefficient (Wildman–Crippen LogP) is 4.79. The zero-order chi connectivity index (χ0) is 14.8. The second kappa shape index (κ2) is 5.90. The van der Waals surface area contributed by atoms with E-state index in [1.165, 1.54) is 0 Å². The summed E-state index contributed by atoms with van der Waals surface area (Å²) in [5.74, 6) is 1.27. The normalized spacial score (nSPS) is 17.0. The van der Waals surface area contributed by atoms with Crippen molar-refractivity contribution in [3.8, 4) is 5.75 Å². The van der Waals surface area contributed by atoms with Gasteiger partial charge in [-0.3, -0.25) is 4.79 Å². The Morgan fingerprint density at radius 2 is 2.10 bits per heavy atom. The summed E-state index contributed by atoms with van der Waals surface area (Å²) in [5.41, 5.74) is 2.85. The highest BCUT2D eigenvalue weighted by Crippen LogP contribution is 2.36. The third kappa shape index (κ3) is 3.11. The molecule has 1 heterocycles. The fraction of sp³-hybridized carbons (Fsp3) is 0.278. The third-order valence-corrected chi connectivity index (χ3v) is 4.10. The molecule has 1 unspecified atom stereocenters. The molecule has 21 heavy (non-hydrogen) atoms. The molecule has 0 saturated carbocycles. The van der Waals surface area contributed by atoms with Crippen LogP contribution in [0.25, 0.3) is 0 Å². The summed E-state index contributed by atoms with van der Waals surface area (Å²) in [6.45, 7) is 2.62. The fourth-order valence-electron chi connectivity index (χ4n) is 2.87. The van der Waals surface area contributed by atoms with E-state index in [1.54, 1.807) is 6.07 Å². The van der Waals surface area contributed by atoms with Gasteiger partial charge in [-0.2, -0.15) is 0 Å². The highest BCUT2D eigenvalue weighted by molar-refractivity contribution is 6.31. The Bertz CT molecular complexity index is 658. The third-order valence-electron chi connectivity index (χ3n) is 3.88. The van der Waals surface area contributed by atoms with Crippen LogP contribution in [0.15, 0.2) is 42.5 Å². The van der Waals surface area contributed by atoms with Gasteiger partial charge in [0.2, 0.25) is 0 Å². The Kier molecular flexibility index (Phi) is 3.98. The average molecular weight is 301 g/mol. The van der Waals surface area contributed by atoms with E-state index >= 15 is 0 Å². The maximum atomic E-state index is 12.5. The van der Waals surface area contributed by atoms with Crippen molar-refractivity contribution in [3.63, 3.8) is 0 Å². The predicted molar refractivity (Wildman–Crippen MR) is 84.4 cm³/mol. The first-order chi connectivity index (χ1) is 10.1. The van der Waals surface area contributed by atoms with E-state index in [1.807, 2.05) is 37.3 Å². The molecule has 0 amide bonds. The molecular formula is C18H17ClO2. The number of fused-ring (bicyclic) bond motifs is 1. The van der Waals surface area contributed by atoms with E-state index in [-0.39, 0.29) is 11.7 Å². The molecular weight excluding hydrogens is 284 g/mol. The molecule has 108 valence electrons. The van der Waals surface area contributed by atoms with Gasteiger partial charge in [0, 0.05) is 17.0 Å². The van der Waals surface area contributed by atoms with Gasteiger partial charge in [0.25, 0.3) is 0 Å². The molecule has 0 spiro atoms. The molecule has 0 saturated heterocycles. The molecule has 3 heteroatoms. The Labute approximate surface area is 129 Å². The van der Waals surface area contributed by atoms with E-state index in [9.17, 15) is 4.79 Å². The van der Waals surface area contributed by atoms with Crippen LogP contribution in [0, 0.1) is 6.92 Å². The number of hydrogen-bond donors (Lipinski definition) is 0. The van der Waals surface area contributed by atoms with Gasteiger partial charge in [-0.15, -0.1) is 0 Å². The first-order valence-corrected chi connectivity index (χ1v) is 7.53. The number of Topliss-reactive ketones (excluding diaryl/α,β-unsaturated/α-hetero) is 1. The highest BCUT2D eigenvalue weighted by Gasteiger charge is 2.24. The quantitative estimate of drug-likeness (QED) is 0.762. The lowest BCUT2D eigenvalue weighted by Crippen LogP contribution is -2.17. The lowest BCUT2D eigenvalue weighted by molar-refractivity contribution is 0.0966. The summed E-state index contributed by atoms with van der Waals surface area (Å²) in [5, 5.41) is 0.616. The number of para-hydroxylation sites is 1. The van der Waals surface area contributed by atoms with Crippen LogP contribution in [-0.4, -0.2) is 12.4 Å². The largest absolute Gasteiger partial charge is 0.493 e. The summed E-state index contributed by atoms with van der Waals surface area (Å²) in [7, 11) is 0. The molecule has 0 radical (unpaired) electrons. The van der Waals surface area contributed by atoms with Crippen molar-refractivity contribution in [2.45, 2.75) is 25.7 Å². The van der Waals surface area contributed by atoms with Crippen LogP contribution in [0.5, 0.6) is 5.75 Å². The molecule has 2 nitrogen and oxygen atoms in total. The number of hydrogen-bond acceptors (Lipinski definition) is 2. The lowest BCUT2D eigenvalue weighted by Gasteiger charge is -2.25. The van der Waals surface area contributed by atoms with Crippen LogP contribution in [0.4, 0.5) is 0 Å². The van der Waals surface area contributed by atoms with Crippen LogP contribution in [0.1, 0.15) is 40.2 Å². The summed E-state index contributed by atoms with van der Waals surface area (Å²) >= 11 is 6.05. The number of carbonyl (C=O) groups excluding carboxylic acids is 1. The summed E-state index contributed by atoms with van der Waals surface area (Å²) in [4.78, 5) is 12.5. The standard InChI is InChI=1S/C18H17ClO2/c1-12-8-14(10-15(19)9-12)17(20)11-13-6-7-21-18-5-3-2-4-16(13)18/h2-5,8-10,13H,6-7,11H2,1H3. The van der Waals surface area contributed by atoms with Crippen molar-refractivity contribution in [2.75, 3.05) is 6.61 Å². The molecule has 0 aliphatic carbocycles. The van der Waals surface area contributed by atoms with Crippen molar-refractivity contribution < 1.29 is 9.53 Å². The van der Waals surface area contributed by atoms with Crippen molar-refractivity contribution in [1.82, 2.24) is 0 Å². The SMILES string of the molecule is Cc1cc(Cl)cc(C(=O)CC2CCOc3ccccc32)c1. The Hall–Kier alpha value is -1.80.